The first kappa shape index (κ1) is 22.9. The van der Waals surface area contributed by atoms with Gasteiger partial charge in [-0.05, 0) is 30.3 Å². The van der Waals surface area contributed by atoms with Gasteiger partial charge in [0.05, 0.1) is 36.5 Å². The van der Waals surface area contributed by atoms with Crippen molar-refractivity contribution < 1.29 is 28.6 Å². The Balaban J connectivity index is 1.58. The van der Waals surface area contributed by atoms with Crippen LogP contribution in [0.15, 0.2) is 40.9 Å². The molecule has 10 heteroatoms. The van der Waals surface area contributed by atoms with Gasteiger partial charge >= 0.3 is 5.97 Å². The molecule has 0 spiro atoms. The van der Waals surface area contributed by atoms with Gasteiger partial charge in [-0.2, -0.15) is 0 Å². The molecule has 3 rings (SSSR count). The van der Waals surface area contributed by atoms with Crippen LogP contribution in [0.25, 0.3) is 0 Å². The number of ether oxygens (including phenoxy) is 3. The van der Waals surface area contributed by atoms with E-state index in [2.05, 4.69) is 21.2 Å². The van der Waals surface area contributed by atoms with Crippen LogP contribution < -0.4 is 19.7 Å². The largest absolute Gasteiger partial charge is 0.497 e. The Morgan fingerprint density at radius 2 is 1.97 bits per heavy atom. The molecule has 1 saturated heterocycles. The minimum Gasteiger partial charge on any atom is -0.497 e. The van der Waals surface area contributed by atoms with Crippen molar-refractivity contribution in [2.75, 3.05) is 37.6 Å². The van der Waals surface area contributed by atoms with Gasteiger partial charge in [-0.15, -0.1) is 0 Å². The first-order valence-corrected chi connectivity index (χ1v) is 10.4. The Kier molecular flexibility index (Phi) is 7.40. The van der Waals surface area contributed by atoms with Crippen LogP contribution in [0.1, 0.15) is 6.42 Å². The highest BCUT2D eigenvalue weighted by atomic mass is 79.9. The standard InChI is InChI=1S/C21H20BrClN2O6/c1-29-14-4-6-17(18(9-14)30-2)25-10-12(7-20(25)27)21(28)31-11-19(26)24-16-5-3-13(22)8-15(16)23/h3-6,8-9,12H,7,10-11H2,1-2H3,(H,24,26)/t12-/m1/s1. The minimum absolute atomic E-state index is 0.0197. The molecule has 1 fully saturated rings. The van der Waals surface area contributed by atoms with E-state index in [0.29, 0.717) is 27.9 Å². The van der Waals surface area contributed by atoms with Crippen molar-refractivity contribution in [3.63, 3.8) is 0 Å². The smallest absolute Gasteiger partial charge is 0.311 e. The zero-order valence-corrected chi connectivity index (χ0v) is 19.2. The third kappa shape index (κ3) is 5.48. The number of benzene rings is 2. The molecule has 0 aliphatic carbocycles. The van der Waals surface area contributed by atoms with E-state index in [4.69, 9.17) is 25.8 Å². The number of anilines is 2. The number of rotatable bonds is 7. The number of hydrogen-bond acceptors (Lipinski definition) is 6. The molecule has 1 N–H and O–H groups in total. The topological polar surface area (TPSA) is 94.2 Å². The molecule has 0 aromatic heterocycles. The highest BCUT2D eigenvalue weighted by Gasteiger charge is 2.37. The van der Waals surface area contributed by atoms with Crippen molar-refractivity contribution >= 4 is 56.7 Å². The summed E-state index contributed by atoms with van der Waals surface area (Å²) in [7, 11) is 3.02. The van der Waals surface area contributed by atoms with E-state index in [-0.39, 0.29) is 18.9 Å². The molecule has 164 valence electrons. The third-order valence-electron chi connectivity index (χ3n) is 4.69. The Morgan fingerprint density at radius 3 is 2.65 bits per heavy atom. The zero-order chi connectivity index (χ0) is 22.5. The van der Waals surface area contributed by atoms with Gasteiger partial charge in [-0.25, -0.2) is 0 Å². The second kappa shape index (κ2) is 10.0. The summed E-state index contributed by atoms with van der Waals surface area (Å²) < 4.78 is 16.4. The van der Waals surface area contributed by atoms with Crippen LogP contribution >= 0.6 is 27.5 Å². The highest BCUT2D eigenvalue weighted by molar-refractivity contribution is 9.10. The molecule has 0 saturated carbocycles. The van der Waals surface area contributed by atoms with E-state index in [1.807, 2.05) is 0 Å². The van der Waals surface area contributed by atoms with E-state index in [9.17, 15) is 14.4 Å². The highest BCUT2D eigenvalue weighted by Crippen LogP contribution is 2.36. The van der Waals surface area contributed by atoms with Crippen molar-refractivity contribution in [2.45, 2.75) is 6.42 Å². The van der Waals surface area contributed by atoms with Crippen LogP contribution in [-0.2, 0) is 19.1 Å². The average Bonchev–Trinajstić information content (AvgIpc) is 3.15. The van der Waals surface area contributed by atoms with Crippen LogP contribution in [0.2, 0.25) is 5.02 Å². The molecule has 2 amide bonds. The molecular weight excluding hydrogens is 492 g/mol. The summed E-state index contributed by atoms with van der Waals surface area (Å²) in [6.07, 6.45) is -0.0197. The molecule has 1 atom stereocenters. The van der Waals surface area contributed by atoms with E-state index < -0.39 is 24.4 Å². The van der Waals surface area contributed by atoms with Crippen molar-refractivity contribution in [2.24, 2.45) is 5.92 Å². The molecular formula is C21H20BrClN2O6. The van der Waals surface area contributed by atoms with Crippen LogP contribution in [0.5, 0.6) is 11.5 Å². The molecule has 0 bridgehead atoms. The molecule has 1 aliphatic heterocycles. The SMILES string of the molecule is COc1ccc(N2C[C@H](C(=O)OCC(=O)Nc3ccc(Br)cc3Cl)CC2=O)c(OC)c1. The van der Waals surface area contributed by atoms with E-state index in [1.54, 1.807) is 36.4 Å². The summed E-state index contributed by atoms with van der Waals surface area (Å²) in [5, 5.41) is 2.92. The lowest BCUT2D eigenvalue weighted by Gasteiger charge is -2.20. The lowest BCUT2D eigenvalue weighted by molar-refractivity contribution is -0.151. The summed E-state index contributed by atoms with van der Waals surface area (Å²) in [4.78, 5) is 38.5. The summed E-state index contributed by atoms with van der Waals surface area (Å²) >= 11 is 9.34. The van der Waals surface area contributed by atoms with Crippen LogP contribution in [0, 0.1) is 5.92 Å². The minimum atomic E-state index is -0.691. The van der Waals surface area contributed by atoms with Crippen LogP contribution in [-0.4, -0.2) is 45.2 Å². The number of esters is 1. The number of nitrogens with one attached hydrogen (secondary N) is 1. The number of halogens is 2. The fourth-order valence-electron chi connectivity index (χ4n) is 3.14. The van der Waals surface area contributed by atoms with Gasteiger partial charge in [0.25, 0.3) is 5.91 Å². The Labute approximate surface area is 192 Å². The van der Waals surface area contributed by atoms with E-state index in [0.717, 1.165) is 4.47 Å². The van der Waals surface area contributed by atoms with Crippen LogP contribution in [0.3, 0.4) is 0 Å². The second-order valence-corrected chi connectivity index (χ2v) is 8.05. The Hall–Kier alpha value is -2.78. The van der Waals surface area contributed by atoms with Gasteiger partial charge in [0.2, 0.25) is 5.91 Å². The molecule has 1 aliphatic rings. The monoisotopic (exact) mass is 510 g/mol. The molecule has 2 aromatic rings. The van der Waals surface area contributed by atoms with Gasteiger partial charge in [0.1, 0.15) is 11.5 Å². The molecule has 31 heavy (non-hydrogen) atoms. The molecule has 0 unspecified atom stereocenters. The van der Waals surface area contributed by atoms with E-state index >= 15 is 0 Å². The van der Waals surface area contributed by atoms with Gasteiger partial charge in [0, 0.05) is 23.5 Å². The summed E-state index contributed by atoms with van der Waals surface area (Å²) in [5.74, 6) is -1.05. The Bertz CT molecular complexity index is 1020. The van der Waals surface area contributed by atoms with Crippen molar-refractivity contribution in [1.82, 2.24) is 0 Å². The van der Waals surface area contributed by atoms with Crippen molar-refractivity contribution in [1.29, 1.82) is 0 Å². The summed E-state index contributed by atoms with van der Waals surface area (Å²) in [6.45, 7) is -0.359. The van der Waals surface area contributed by atoms with Gasteiger partial charge in [-0.1, -0.05) is 27.5 Å². The fourth-order valence-corrected chi connectivity index (χ4v) is 3.86. The van der Waals surface area contributed by atoms with Gasteiger partial charge in [0.15, 0.2) is 6.61 Å². The zero-order valence-electron chi connectivity index (χ0n) is 16.8. The number of nitrogens with zero attached hydrogens (tertiary/aromatic N) is 1. The lowest BCUT2D eigenvalue weighted by Crippen LogP contribution is -2.28. The number of methoxy groups -OCH3 is 2. The predicted octanol–water partition coefficient (Wildman–Crippen LogP) is 3.65. The average molecular weight is 512 g/mol. The summed E-state index contributed by atoms with van der Waals surface area (Å²) in [5.41, 5.74) is 0.936. The van der Waals surface area contributed by atoms with Crippen LogP contribution in [0.4, 0.5) is 11.4 Å². The number of carbonyl (C=O) groups is 3. The molecule has 2 aromatic carbocycles. The number of amides is 2. The quantitative estimate of drug-likeness (QED) is 0.570. The van der Waals surface area contributed by atoms with Crippen molar-refractivity contribution in [3.8, 4) is 11.5 Å². The predicted molar refractivity (Wildman–Crippen MR) is 119 cm³/mol. The number of carbonyl (C=O) groups excluding carboxylic acids is 3. The maximum atomic E-state index is 12.5. The molecule has 8 nitrogen and oxygen atoms in total. The number of hydrogen-bond donors (Lipinski definition) is 1. The Morgan fingerprint density at radius 1 is 1.19 bits per heavy atom. The first-order valence-electron chi connectivity index (χ1n) is 9.26. The lowest BCUT2D eigenvalue weighted by atomic mass is 10.1. The maximum Gasteiger partial charge on any atom is 0.311 e. The maximum absolute atomic E-state index is 12.5. The van der Waals surface area contributed by atoms with Gasteiger partial charge < -0.3 is 24.4 Å². The molecule has 0 radical (unpaired) electrons. The van der Waals surface area contributed by atoms with Gasteiger partial charge in [-0.3, -0.25) is 14.4 Å². The molecule has 1 heterocycles. The first-order chi connectivity index (χ1) is 14.8. The fraction of sp³-hybridized carbons (Fsp3) is 0.286. The second-order valence-electron chi connectivity index (χ2n) is 6.72. The summed E-state index contributed by atoms with van der Waals surface area (Å²) in [6, 6.07) is 10.0. The normalized spacial score (nSPS) is 15.5. The van der Waals surface area contributed by atoms with Crippen molar-refractivity contribution in [3.05, 3.63) is 45.9 Å². The third-order valence-corrected chi connectivity index (χ3v) is 5.49. The van der Waals surface area contributed by atoms with E-state index in [1.165, 1.54) is 19.1 Å².